The Kier molecular flexibility index (Phi) is 2.98. The van der Waals surface area contributed by atoms with Crippen LogP contribution in [0.5, 0.6) is 0 Å². The van der Waals surface area contributed by atoms with Gasteiger partial charge in [0.15, 0.2) is 0 Å². The largest absolute Gasteiger partial charge is 0.258 e. The first-order chi connectivity index (χ1) is 5.97. The minimum absolute atomic E-state index is 0.0473. The zero-order valence-corrected chi connectivity index (χ0v) is 8.01. The van der Waals surface area contributed by atoms with Crippen LogP contribution in [0, 0.1) is 5.82 Å². The van der Waals surface area contributed by atoms with Crippen molar-refractivity contribution >= 4 is 9.84 Å². The molecule has 0 aliphatic carbocycles. The summed E-state index contributed by atoms with van der Waals surface area (Å²) in [6.07, 6.45) is 2.58. The lowest BCUT2D eigenvalue weighted by atomic mass is 10.3. The zero-order valence-electron chi connectivity index (χ0n) is 7.20. The molecule has 0 spiro atoms. The fraction of sp³-hybridized carbons (Fsp3) is 0.375. The summed E-state index contributed by atoms with van der Waals surface area (Å²) < 4.78 is 33.9. The van der Waals surface area contributed by atoms with Crippen molar-refractivity contribution < 1.29 is 12.8 Å². The third kappa shape index (κ3) is 3.98. The van der Waals surface area contributed by atoms with Crippen molar-refractivity contribution in [3.63, 3.8) is 0 Å². The van der Waals surface area contributed by atoms with Crippen LogP contribution in [0.3, 0.4) is 0 Å². The summed E-state index contributed by atoms with van der Waals surface area (Å²) >= 11 is 0. The molecule has 0 aliphatic heterocycles. The zero-order chi connectivity index (χ0) is 9.90. The van der Waals surface area contributed by atoms with E-state index in [0.29, 0.717) is 12.1 Å². The molecule has 0 radical (unpaired) electrons. The number of nitrogens with zero attached hydrogens (tertiary/aromatic N) is 1. The van der Waals surface area contributed by atoms with Gasteiger partial charge in [0.1, 0.15) is 15.7 Å². The fourth-order valence-electron chi connectivity index (χ4n) is 0.844. The maximum Gasteiger partial charge on any atom is 0.147 e. The maximum absolute atomic E-state index is 12.4. The van der Waals surface area contributed by atoms with Crippen molar-refractivity contribution in [2.75, 3.05) is 12.0 Å². The summed E-state index contributed by atoms with van der Waals surface area (Å²) in [5.74, 6) is -0.367. The molecule has 0 N–H and O–H groups in total. The molecule has 1 rings (SSSR count). The van der Waals surface area contributed by atoms with Crippen molar-refractivity contribution in [3.05, 3.63) is 29.8 Å². The van der Waals surface area contributed by atoms with Gasteiger partial charge in [0.05, 0.1) is 11.9 Å². The SMILES string of the molecule is CS(=O)(=O)CCc1ccc(F)cn1. The number of hydrogen-bond donors (Lipinski definition) is 0. The molecule has 0 saturated carbocycles. The van der Waals surface area contributed by atoms with Gasteiger partial charge in [-0.3, -0.25) is 4.98 Å². The van der Waals surface area contributed by atoms with E-state index in [1.54, 1.807) is 0 Å². The minimum atomic E-state index is -2.97. The van der Waals surface area contributed by atoms with Crippen molar-refractivity contribution in [1.82, 2.24) is 4.98 Å². The Hall–Kier alpha value is -0.970. The lowest BCUT2D eigenvalue weighted by Gasteiger charge is -1.98. The number of aromatic nitrogens is 1. The van der Waals surface area contributed by atoms with Crippen LogP contribution in [0.15, 0.2) is 18.3 Å². The van der Waals surface area contributed by atoms with Gasteiger partial charge in [0.25, 0.3) is 0 Å². The number of pyridine rings is 1. The van der Waals surface area contributed by atoms with E-state index in [9.17, 15) is 12.8 Å². The van der Waals surface area contributed by atoms with Crippen LogP contribution in [0.2, 0.25) is 0 Å². The smallest absolute Gasteiger partial charge is 0.147 e. The Morgan fingerprint density at radius 1 is 1.46 bits per heavy atom. The number of halogens is 1. The second kappa shape index (κ2) is 3.83. The topological polar surface area (TPSA) is 47.0 Å². The van der Waals surface area contributed by atoms with Gasteiger partial charge in [0.2, 0.25) is 0 Å². The fourth-order valence-corrected chi connectivity index (χ4v) is 1.42. The molecule has 5 heteroatoms. The van der Waals surface area contributed by atoms with Crippen molar-refractivity contribution in [2.45, 2.75) is 6.42 Å². The van der Waals surface area contributed by atoms with E-state index in [-0.39, 0.29) is 5.75 Å². The Labute approximate surface area is 76.5 Å². The highest BCUT2D eigenvalue weighted by atomic mass is 32.2. The number of hydrogen-bond acceptors (Lipinski definition) is 3. The molecule has 1 aromatic heterocycles. The molecule has 0 fully saturated rings. The number of aryl methyl sites for hydroxylation is 1. The van der Waals surface area contributed by atoms with E-state index in [1.807, 2.05) is 0 Å². The lowest BCUT2D eigenvalue weighted by molar-refractivity contribution is 0.600. The molecule has 1 aromatic rings. The number of rotatable bonds is 3. The molecule has 0 atom stereocenters. The van der Waals surface area contributed by atoms with Gasteiger partial charge in [-0.1, -0.05) is 0 Å². The van der Waals surface area contributed by atoms with E-state index in [2.05, 4.69) is 4.98 Å². The highest BCUT2D eigenvalue weighted by molar-refractivity contribution is 7.90. The van der Waals surface area contributed by atoms with Crippen LogP contribution < -0.4 is 0 Å². The summed E-state index contributed by atoms with van der Waals surface area (Å²) in [6, 6.07) is 2.76. The van der Waals surface area contributed by atoms with Crippen LogP contribution >= 0.6 is 0 Å². The normalized spacial score (nSPS) is 11.5. The number of sulfone groups is 1. The predicted molar refractivity (Wildman–Crippen MR) is 47.6 cm³/mol. The van der Waals surface area contributed by atoms with Crippen molar-refractivity contribution in [2.24, 2.45) is 0 Å². The molecular formula is C8H10FNO2S. The first-order valence-electron chi connectivity index (χ1n) is 3.75. The maximum atomic E-state index is 12.4. The van der Waals surface area contributed by atoms with Crippen LogP contribution in [0.1, 0.15) is 5.69 Å². The monoisotopic (exact) mass is 203 g/mol. The Morgan fingerprint density at radius 2 is 2.15 bits per heavy atom. The minimum Gasteiger partial charge on any atom is -0.258 e. The van der Waals surface area contributed by atoms with Gasteiger partial charge in [0, 0.05) is 18.4 Å². The molecule has 3 nitrogen and oxygen atoms in total. The summed E-state index contributed by atoms with van der Waals surface area (Å²) in [5, 5.41) is 0. The van der Waals surface area contributed by atoms with E-state index in [1.165, 1.54) is 12.1 Å². The molecule has 0 saturated heterocycles. The van der Waals surface area contributed by atoms with Crippen LogP contribution in [-0.2, 0) is 16.3 Å². The van der Waals surface area contributed by atoms with Gasteiger partial charge >= 0.3 is 0 Å². The van der Waals surface area contributed by atoms with Gasteiger partial charge in [-0.25, -0.2) is 12.8 Å². The standard InChI is InChI=1S/C8H10FNO2S/c1-13(11,12)5-4-8-3-2-7(9)6-10-8/h2-3,6H,4-5H2,1H3. The first kappa shape index (κ1) is 10.1. The van der Waals surface area contributed by atoms with Gasteiger partial charge in [-0.05, 0) is 12.1 Å². The van der Waals surface area contributed by atoms with Crippen LogP contribution in [0.4, 0.5) is 4.39 Å². The Balaban J connectivity index is 2.61. The predicted octanol–water partition coefficient (Wildman–Crippen LogP) is 0.808. The van der Waals surface area contributed by atoms with Crippen molar-refractivity contribution in [1.29, 1.82) is 0 Å². The van der Waals surface area contributed by atoms with E-state index in [0.717, 1.165) is 12.5 Å². The molecule has 0 unspecified atom stereocenters. The third-order valence-corrected chi connectivity index (χ3v) is 2.46. The summed E-state index contributed by atoms with van der Waals surface area (Å²) in [6.45, 7) is 0. The van der Waals surface area contributed by atoms with Gasteiger partial charge in [-0.15, -0.1) is 0 Å². The Bertz CT molecular complexity index is 372. The molecule has 0 aliphatic rings. The van der Waals surface area contributed by atoms with Gasteiger partial charge < -0.3 is 0 Å². The van der Waals surface area contributed by atoms with E-state index in [4.69, 9.17) is 0 Å². The highest BCUT2D eigenvalue weighted by Crippen LogP contribution is 2.00. The summed E-state index contributed by atoms with van der Waals surface area (Å²) in [4.78, 5) is 3.74. The highest BCUT2D eigenvalue weighted by Gasteiger charge is 2.03. The molecule has 72 valence electrons. The second-order valence-electron chi connectivity index (χ2n) is 2.85. The second-order valence-corrected chi connectivity index (χ2v) is 5.11. The average Bonchev–Trinajstić information content (AvgIpc) is 2.02. The summed E-state index contributed by atoms with van der Waals surface area (Å²) in [5.41, 5.74) is 0.590. The Morgan fingerprint density at radius 3 is 2.62 bits per heavy atom. The van der Waals surface area contributed by atoms with E-state index < -0.39 is 15.7 Å². The molecule has 1 heterocycles. The molecule has 0 bridgehead atoms. The first-order valence-corrected chi connectivity index (χ1v) is 5.81. The molecule has 0 amide bonds. The third-order valence-electron chi connectivity index (χ3n) is 1.52. The van der Waals surface area contributed by atoms with Crippen LogP contribution in [-0.4, -0.2) is 25.4 Å². The average molecular weight is 203 g/mol. The van der Waals surface area contributed by atoms with Gasteiger partial charge in [-0.2, -0.15) is 0 Å². The van der Waals surface area contributed by atoms with Crippen LogP contribution in [0.25, 0.3) is 0 Å². The van der Waals surface area contributed by atoms with E-state index >= 15 is 0 Å². The van der Waals surface area contributed by atoms with Crippen molar-refractivity contribution in [3.8, 4) is 0 Å². The quantitative estimate of drug-likeness (QED) is 0.730. The molecule has 13 heavy (non-hydrogen) atoms. The molecular weight excluding hydrogens is 193 g/mol. The summed E-state index contributed by atoms with van der Waals surface area (Å²) in [7, 11) is -2.97. The molecule has 0 aromatic carbocycles. The lowest BCUT2D eigenvalue weighted by Crippen LogP contribution is -2.06.